The molecule has 3 heteroatoms. The molecule has 0 spiro atoms. The van der Waals surface area contributed by atoms with Gasteiger partial charge >= 0.3 is 0 Å². The van der Waals surface area contributed by atoms with Gasteiger partial charge in [0.25, 0.3) is 0 Å². The minimum Gasteiger partial charge on any atom is -0.389 e. The number of aliphatic hydroxyl groups is 1. The molecular weight excluding hydrogens is 230 g/mol. The van der Waals surface area contributed by atoms with E-state index in [-0.39, 0.29) is 0 Å². The summed E-state index contributed by atoms with van der Waals surface area (Å²) in [6, 6.07) is 0.562. The zero-order chi connectivity index (χ0) is 12.4. The molecule has 2 nitrogen and oxygen atoms in total. The second-order valence-electron chi connectivity index (χ2n) is 6.53. The van der Waals surface area contributed by atoms with Crippen LogP contribution in [0.4, 0.5) is 0 Å². The Morgan fingerprint density at radius 3 is 2.53 bits per heavy atom. The number of nitrogens with one attached hydrogen (secondary N) is 1. The highest BCUT2D eigenvalue weighted by molar-refractivity contribution is 7.99. The highest BCUT2D eigenvalue weighted by Crippen LogP contribution is 2.35. The number of hydrogen-bond acceptors (Lipinski definition) is 3. The maximum Gasteiger partial charge on any atom is 0.0771 e. The van der Waals surface area contributed by atoms with E-state index >= 15 is 0 Å². The van der Waals surface area contributed by atoms with E-state index in [1.54, 1.807) is 0 Å². The fraction of sp³-hybridized carbons (Fsp3) is 1.00. The highest BCUT2D eigenvalue weighted by atomic mass is 32.2. The normalized spacial score (nSPS) is 32.3. The molecule has 1 saturated heterocycles. The Kier molecular flexibility index (Phi) is 4.43. The van der Waals surface area contributed by atoms with Crippen LogP contribution in [0, 0.1) is 5.41 Å². The van der Waals surface area contributed by atoms with Crippen LogP contribution < -0.4 is 5.32 Å². The summed E-state index contributed by atoms with van der Waals surface area (Å²) in [5.74, 6) is 2.48. The Morgan fingerprint density at radius 2 is 1.88 bits per heavy atom. The third-order valence-corrected chi connectivity index (χ3v) is 5.64. The molecule has 17 heavy (non-hydrogen) atoms. The number of thioether (sulfide) groups is 1. The van der Waals surface area contributed by atoms with Crippen molar-refractivity contribution in [1.29, 1.82) is 0 Å². The van der Waals surface area contributed by atoms with Gasteiger partial charge < -0.3 is 10.4 Å². The van der Waals surface area contributed by atoms with Crippen LogP contribution in [0.2, 0.25) is 0 Å². The van der Waals surface area contributed by atoms with E-state index < -0.39 is 5.60 Å². The van der Waals surface area contributed by atoms with Crippen molar-refractivity contribution in [3.05, 3.63) is 0 Å². The first-order chi connectivity index (χ1) is 8.02. The predicted octanol–water partition coefficient (Wildman–Crippen LogP) is 2.80. The van der Waals surface area contributed by atoms with Crippen LogP contribution in [0.15, 0.2) is 0 Å². The van der Waals surface area contributed by atoms with Gasteiger partial charge in [0, 0.05) is 18.3 Å². The first-order valence-electron chi connectivity index (χ1n) is 7.05. The van der Waals surface area contributed by atoms with Gasteiger partial charge in [-0.1, -0.05) is 33.1 Å². The highest BCUT2D eigenvalue weighted by Gasteiger charge is 2.35. The lowest BCUT2D eigenvalue weighted by Gasteiger charge is -2.41. The van der Waals surface area contributed by atoms with Gasteiger partial charge in [-0.2, -0.15) is 11.8 Å². The van der Waals surface area contributed by atoms with E-state index in [1.165, 1.54) is 37.2 Å². The van der Waals surface area contributed by atoms with Gasteiger partial charge in [-0.25, -0.2) is 0 Å². The minimum absolute atomic E-state index is 0.385. The van der Waals surface area contributed by atoms with E-state index in [9.17, 15) is 5.11 Å². The van der Waals surface area contributed by atoms with Gasteiger partial charge in [-0.05, 0) is 30.4 Å². The molecule has 0 aromatic heterocycles. The van der Waals surface area contributed by atoms with Crippen LogP contribution in [0.5, 0.6) is 0 Å². The van der Waals surface area contributed by atoms with Crippen molar-refractivity contribution in [3.63, 3.8) is 0 Å². The number of hydrogen-bond donors (Lipinski definition) is 2. The smallest absolute Gasteiger partial charge is 0.0771 e. The van der Waals surface area contributed by atoms with Crippen LogP contribution in [0.25, 0.3) is 0 Å². The fourth-order valence-corrected chi connectivity index (χ4v) is 4.61. The summed E-state index contributed by atoms with van der Waals surface area (Å²) in [4.78, 5) is 0. The second kappa shape index (κ2) is 5.50. The Labute approximate surface area is 110 Å². The molecule has 1 heterocycles. The molecule has 0 bridgehead atoms. The van der Waals surface area contributed by atoms with Gasteiger partial charge in [0.05, 0.1) is 5.60 Å². The van der Waals surface area contributed by atoms with Crippen LogP contribution in [-0.2, 0) is 0 Å². The van der Waals surface area contributed by atoms with Gasteiger partial charge in [-0.15, -0.1) is 0 Å². The lowest BCUT2D eigenvalue weighted by Crippen LogP contribution is -2.52. The largest absolute Gasteiger partial charge is 0.389 e. The van der Waals surface area contributed by atoms with Crippen molar-refractivity contribution in [1.82, 2.24) is 5.32 Å². The van der Waals surface area contributed by atoms with E-state index in [2.05, 4.69) is 19.2 Å². The quantitative estimate of drug-likeness (QED) is 0.815. The van der Waals surface area contributed by atoms with Gasteiger partial charge in [0.15, 0.2) is 0 Å². The molecule has 1 saturated carbocycles. The maximum absolute atomic E-state index is 10.5. The standard InChI is InChI=1S/C14H27NOS/c1-13(2)8-9-17-10-12(13)15-11-14(16)6-4-3-5-7-14/h12,15-16H,3-11H2,1-2H3. The topological polar surface area (TPSA) is 32.3 Å². The van der Waals surface area contributed by atoms with E-state index in [0.29, 0.717) is 11.5 Å². The number of rotatable bonds is 3. The molecule has 1 aliphatic carbocycles. The molecule has 0 aromatic carbocycles. The molecule has 0 amide bonds. The zero-order valence-electron chi connectivity index (χ0n) is 11.3. The fourth-order valence-electron chi connectivity index (χ4n) is 2.97. The van der Waals surface area contributed by atoms with E-state index in [0.717, 1.165) is 19.4 Å². The van der Waals surface area contributed by atoms with Crippen molar-refractivity contribution in [3.8, 4) is 0 Å². The lowest BCUT2D eigenvalue weighted by molar-refractivity contribution is -0.000478. The summed E-state index contributed by atoms with van der Waals surface area (Å²) in [5, 5.41) is 14.2. The van der Waals surface area contributed by atoms with Crippen LogP contribution in [0.1, 0.15) is 52.4 Å². The molecule has 2 fully saturated rings. The van der Waals surface area contributed by atoms with Gasteiger partial charge in [0.2, 0.25) is 0 Å². The Hall–Kier alpha value is 0.270. The van der Waals surface area contributed by atoms with Gasteiger partial charge in [0.1, 0.15) is 0 Å². The van der Waals surface area contributed by atoms with Crippen molar-refractivity contribution >= 4 is 11.8 Å². The van der Waals surface area contributed by atoms with Crippen molar-refractivity contribution in [2.24, 2.45) is 5.41 Å². The van der Waals surface area contributed by atoms with Crippen LogP contribution in [-0.4, -0.2) is 34.8 Å². The van der Waals surface area contributed by atoms with E-state index in [4.69, 9.17) is 0 Å². The molecule has 1 aliphatic heterocycles. The maximum atomic E-state index is 10.5. The molecule has 2 aliphatic rings. The van der Waals surface area contributed by atoms with Crippen molar-refractivity contribution in [2.75, 3.05) is 18.1 Å². The Morgan fingerprint density at radius 1 is 1.18 bits per heavy atom. The predicted molar refractivity (Wildman–Crippen MR) is 75.5 cm³/mol. The molecule has 1 unspecified atom stereocenters. The zero-order valence-corrected chi connectivity index (χ0v) is 12.1. The molecule has 0 radical (unpaired) electrons. The Balaban J connectivity index is 1.84. The molecule has 2 N–H and O–H groups in total. The summed E-state index contributed by atoms with van der Waals surface area (Å²) in [5.41, 5.74) is -0.0350. The minimum atomic E-state index is -0.420. The summed E-state index contributed by atoms with van der Waals surface area (Å²) in [6.07, 6.45) is 6.95. The van der Waals surface area contributed by atoms with E-state index in [1.807, 2.05) is 11.8 Å². The first-order valence-corrected chi connectivity index (χ1v) is 8.21. The molecule has 2 rings (SSSR count). The average molecular weight is 257 g/mol. The Bertz CT molecular complexity index is 249. The third kappa shape index (κ3) is 3.62. The summed E-state index contributed by atoms with van der Waals surface area (Å²) in [6.45, 7) is 5.51. The lowest BCUT2D eigenvalue weighted by atomic mass is 9.80. The second-order valence-corrected chi connectivity index (χ2v) is 7.68. The van der Waals surface area contributed by atoms with Crippen molar-refractivity contribution in [2.45, 2.75) is 64.0 Å². The summed E-state index contributed by atoms with van der Waals surface area (Å²) in [7, 11) is 0. The molecule has 1 atom stereocenters. The molecule has 0 aromatic rings. The van der Waals surface area contributed by atoms with Crippen molar-refractivity contribution < 1.29 is 5.11 Å². The average Bonchev–Trinajstić information content (AvgIpc) is 2.28. The first kappa shape index (κ1) is 13.7. The SMILES string of the molecule is CC1(C)CCSCC1NCC1(O)CCCCC1. The third-order valence-electron chi connectivity index (χ3n) is 4.58. The van der Waals surface area contributed by atoms with Crippen LogP contribution >= 0.6 is 11.8 Å². The summed E-state index contributed by atoms with van der Waals surface area (Å²) < 4.78 is 0. The molecular formula is C14H27NOS. The summed E-state index contributed by atoms with van der Waals surface area (Å²) >= 11 is 2.05. The van der Waals surface area contributed by atoms with Gasteiger partial charge in [-0.3, -0.25) is 0 Å². The molecule has 100 valence electrons. The van der Waals surface area contributed by atoms with Crippen LogP contribution in [0.3, 0.4) is 0 Å². The monoisotopic (exact) mass is 257 g/mol.